The standard InChI is InChI=1S/C18H32O15/c19-2-6-10(24)11(25)13(27)17(30-6)33-16-8(4-21)31-18(14(28)12(16)26)32-15-5(22)1-9(23)29-7(15)3-20/h5-28H,1-4H2/t5-,6-,7-,8-,9?,10-,11+,12-,13-,14-,15+,16-,17-,18-/m1/s1. The van der Waals surface area contributed by atoms with E-state index in [1.165, 1.54) is 0 Å². The molecule has 15 nitrogen and oxygen atoms in total. The van der Waals surface area contributed by atoms with Gasteiger partial charge in [0.1, 0.15) is 61.0 Å². The van der Waals surface area contributed by atoms with E-state index in [-0.39, 0.29) is 6.42 Å². The van der Waals surface area contributed by atoms with Gasteiger partial charge < -0.3 is 74.7 Å². The second-order valence-corrected chi connectivity index (χ2v) is 8.22. The van der Waals surface area contributed by atoms with E-state index in [1.807, 2.05) is 0 Å². The molecule has 0 bridgehead atoms. The number of aliphatic hydroxyl groups is 10. The maximum atomic E-state index is 10.6. The summed E-state index contributed by atoms with van der Waals surface area (Å²) in [6.07, 6.45) is -21.6. The topological polar surface area (TPSA) is 248 Å². The number of aliphatic hydroxyl groups excluding tert-OH is 10. The molecule has 0 amide bonds. The van der Waals surface area contributed by atoms with E-state index in [0.29, 0.717) is 0 Å². The molecule has 0 aliphatic carbocycles. The lowest BCUT2D eigenvalue weighted by molar-refractivity contribution is -0.372. The van der Waals surface area contributed by atoms with Crippen LogP contribution in [-0.2, 0) is 23.7 Å². The average Bonchev–Trinajstić information content (AvgIpc) is 2.79. The first kappa shape index (κ1) is 27.0. The molecule has 3 saturated heterocycles. The smallest absolute Gasteiger partial charge is 0.187 e. The zero-order chi connectivity index (χ0) is 24.4. The molecule has 33 heavy (non-hydrogen) atoms. The van der Waals surface area contributed by atoms with Gasteiger partial charge in [-0.25, -0.2) is 0 Å². The summed E-state index contributed by atoms with van der Waals surface area (Å²) >= 11 is 0. The number of rotatable bonds is 7. The van der Waals surface area contributed by atoms with Crippen molar-refractivity contribution in [3.05, 3.63) is 0 Å². The molecule has 3 aliphatic rings. The first-order valence-electron chi connectivity index (χ1n) is 10.5. The van der Waals surface area contributed by atoms with Gasteiger partial charge in [0.05, 0.1) is 25.9 Å². The van der Waals surface area contributed by atoms with Crippen molar-refractivity contribution >= 4 is 0 Å². The van der Waals surface area contributed by atoms with E-state index < -0.39 is 106 Å². The molecule has 0 aromatic carbocycles. The fourth-order valence-electron chi connectivity index (χ4n) is 4.07. The molecule has 14 atom stereocenters. The van der Waals surface area contributed by atoms with Crippen molar-refractivity contribution in [2.75, 3.05) is 19.8 Å². The third-order valence-electron chi connectivity index (χ3n) is 5.95. The average molecular weight is 488 g/mol. The van der Waals surface area contributed by atoms with E-state index >= 15 is 0 Å². The molecule has 0 aromatic rings. The lowest BCUT2D eigenvalue weighted by Crippen LogP contribution is -2.65. The molecule has 0 saturated carbocycles. The van der Waals surface area contributed by atoms with E-state index in [9.17, 15) is 51.1 Å². The molecule has 194 valence electrons. The molecule has 1 unspecified atom stereocenters. The van der Waals surface area contributed by atoms with Crippen LogP contribution in [0.4, 0.5) is 0 Å². The zero-order valence-corrected chi connectivity index (χ0v) is 17.4. The molecule has 0 spiro atoms. The van der Waals surface area contributed by atoms with Crippen molar-refractivity contribution < 1.29 is 74.7 Å². The van der Waals surface area contributed by atoms with E-state index in [1.54, 1.807) is 0 Å². The Hall–Kier alpha value is -0.600. The summed E-state index contributed by atoms with van der Waals surface area (Å²) in [5.41, 5.74) is 0. The lowest BCUT2D eigenvalue weighted by atomic mass is 9.96. The largest absolute Gasteiger partial charge is 0.394 e. The normalized spacial score (nSPS) is 51.5. The van der Waals surface area contributed by atoms with Crippen LogP contribution in [-0.4, -0.2) is 157 Å². The van der Waals surface area contributed by atoms with Gasteiger partial charge in [-0.2, -0.15) is 0 Å². The fourth-order valence-corrected chi connectivity index (χ4v) is 4.07. The molecule has 0 aromatic heterocycles. The van der Waals surface area contributed by atoms with E-state index in [2.05, 4.69) is 0 Å². The van der Waals surface area contributed by atoms with Crippen molar-refractivity contribution in [1.29, 1.82) is 0 Å². The van der Waals surface area contributed by atoms with Gasteiger partial charge in [-0.1, -0.05) is 0 Å². The van der Waals surface area contributed by atoms with Crippen molar-refractivity contribution in [3.8, 4) is 0 Å². The fraction of sp³-hybridized carbons (Fsp3) is 1.00. The molecule has 15 heteroatoms. The van der Waals surface area contributed by atoms with Crippen LogP contribution in [0.15, 0.2) is 0 Å². The molecule has 10 N–H and O–H groups in total. The number of hydrogen-bond acceptors (Lipinski definition) is 15. The molecular weight excluding hydrogens is 456 g/mol. The quantitative estimate of drug-likeness (QED) is 0.160. The predicted molar refractivity (Wildman–Crippen MR) is 99.9 cm³/mol. The van der Waals surface area contributed by atoms with Crippen LogP contribution in [0.1, 0.15) is 6.42 Å². The van der Waals surface area contributed by atoms with Crippen LogP contribution < -0.4 is 0 Å². The first-order valence-corrected chi connectivity index (χ1v) is 10.5. The highest BCUT2D eigenvalue weighted by Crippen LogP contribution is 2.31. The van der Waals surface area contributed by atoms with Crippen LogP contribution in [0.3, 0.4) is 0 Å². The Morgan fingerprint density at radius 2 is 1.03 bits per heavy atom. The third kappa shape index (κ3) is 5.64. The Bertz CT molecular complexity index is 607. The van der Waals surface area contributed by atoms with E-state index in [4.69, 9.17) is 23.7 Å². The molecule has 3 fully saturated rings. The maximum absolute atomic E-state index is 10.6. The maximum Gasteiger partial charge on any atom is 0.187 e. The van der Waals surface area contributed by atoms with Crippen LogP contribution >= 0.6 is 0 Å². The van der Waals surface area contributed by atoms with Crippen LogP contribution in [0.2, 0.25) is 0 Å². The Morgan fingerprint density at radius 3 is 1.61 bits per heavy atom. The van der Waals surface area contributed by atoms with Crippen LogP contribution in [0, 0.1) is 0 Å². The van der Waals surface area contributed by atoms with Gasteiger partial charge in [0.25, 0.3) is 0 Å². The van der Waals surface area contributed by atoms with Gasteiger partial charge >= 0.3 is 0 Å². The Kier molecular flexibility index (Phi) is 9.35. The number of hydrogen-bond donors (Lipinski definition) is 10. The summed E-state index contributed by atoms with van der Waals surface area (Å²) in [5.74, 6) is 0. The first-order chi connectivity index (χ1) is 15.6. The highest BCUT2D eigenvalue weighted by atomic mass is 16.7. The second-order valence-electron chi connectivity index (χ2n) is 8.22. The second kappa shape index (κ2) is 11.4. The van der Waals surface area contributed by atoms with Gasteiger partial charge in [0.2, 0.25) is 0 Å². The molecule has 3 heterocycles. The number of ether oxygens (including phenoxy) is 5. The molecule has 0 radical (unpaired) electrons. The van der Waals surface area contributed by atoms with Gasteiger partial charge in [0, 0.05) is 6.42 Å². The SMILES string of the molecule is OC[C@H]1O[C@H](O[C@H]2[C@H](O)[C@@H](O)[C@@H](O[C@H]3[C@H](O)CC(O)O[C@@H]3CO)O[C@@H]2CO)[C@H](O)[C@@H](O)[C@@H]1O. The summed E-state index contributed by atoms with van der Waals surface area (Å²) < 4.78 is 26.7. The predicted octanol–water partition coefficient (Wildman–Crippen LogP) is -6.54. The van der Waals surface area contributed by atoms with Gasteiger partial charge in [-0.15, -0.1) is 0 Å². The summed E-state index contributed by atoms with van der Waals surface area (Å²) in [5, 5.41) is 99.2. The monoisotopic (exact) mass is 488 g/mol. The van der Waals surface area contributed by atoms with Crippen LogP contribution in [0.5, 0.6) is 0 Å². The summed E-state index contributed by atoms with van der Waals surface area (Å²) in [7, 11) is 0. The molecule has 3 rings (SSSR count). The minimum Gasteiger partial charge on any atom is -0.394 e. The van der Waals surface area contributed by atoms with Crippen LogP contribution in [0.25, 0.3) is 0 Å². The zero-order valence-electron chi connectivity index (χ0n) is 17.4. The summed E-state index contributed by atoms with van der Waals surface area (Å²) in [4.78, 5) is 0. The highest BCUT2D eigenvalue weighted by molar-refractivity contribution is 4.95. The van der Waals surface area contributed by atoms with Crippen molar-refractivity contribution in [2.45, 2.75) is 92.4 Å². The Labute approximate surface area is 187 Å². The van der Waals surface area contributed by atoms with Gasteiger partial charge in [0.15, 0.2) is 18.9 Å². The van der Waals surface area contributed by atoms with Gasteiger partial charge in [-0.05, 0) is 0 Å². The van der Waals surface area contributed by atoms with Crippen molar-refractivity contribution in [2.24, 2.45) is 0 Å². The minimum absolute atomic E-state index is 0.251. The highest BCUT2D eigenvalue weighted by Gasteiger charge is 2.52. The molecule has 3 aliphatic heterocycles. The third-order valence-corrected chi connectivity index (χ3v) is 5.95. The summed E-state index contributed by atoms with van der Waals surface area (Å²) in [6, 6.07) is 0. The summed E-state index contributed by atoms with van der Waals surface area (Å²) in [6.45, 7) is -2.13. The van der Waals surface area contributed by atoms with Crippen molar-refractivity contribution in [3.63, 3.8) is 0 Å². The van der Waals surface area contributed by atoms with Gasteiger partial charge in [-0.3, -0.25) is 0 Å². The molecular formula is C18H32O15. The van der Waals surface area contributed by atoms with Crippen molar-refractivity contribution in [1.82, 2.24) is 0 Å². The Balaban J connectivity index is 1.70. The van der Waals surface area contributed by atoms with E-state index in [0.717, 1.165) is 0 Å². The lowest BCUT2D eigenvalue weighted by Gasteiger charge is -2.47. The minimum atomic E-state index is -1.82. The Morgan fingerprint density at radius 1 is 0.545 bits per heavy atom.